The second kappa shape index (κ2) is 10.2. The van der Waals surface area contributed by atoms with E-state index in [9.17, 15) is 9.59 Å². The molecule has 1 aliphatic rings. The first kappa shape index (κ1) is 18.4. The minimum Gasteiger partial charge on any atom is -0.411 e. The second-order valence-electron chi connectivity index (χ2n) is 5.08. The van der Waals surface area contributed by atoms with Gasteiger partial charge in [0.25, 0.3) is 0 Å². The van der Waals surface area contributed by atoms with Crippen LogP contribution in [-0.4, -0.2) is 22.7 Å². The predicted molar refractivity (Wildman–Crippen MR) is 78.3 cm³/mol. The van der Waals surface area contributed by atoms with Crippen molar-refractivity contribution in [3.8, 4) is 0 Å². The molecule has 0 aliphatic heterocycles. The average molecular weight is 285 g/mol. The van der Waals surface area contributed by atoms with Gasteiger partial charge in [0, 0.05) is 0 Å². The summed E-state index contributed by atoms with van der Waals surface area (Å²) < 4.78 is 0. The third-order valence-corrected chi connectivity index (χ3v) is 3.47. The molecule has 20 heavy (non-hydrogen) atoms. The van der Waals surface area contributed by atoms with Crippen molar-refractivity contribution in [3.05, 3.63) is 0 Å². The first-order valence-corrected chi connectivity index (χ1v) is 7.28. The summed E-state index contributed by atoms with van der Waals surface area (Å²) in [7, 11) is 0. The zero-order valence-electron chi connectivity index (χ0n) is 12.5. The van der Waals surface area contributed by atoms with Crippen LogP contribution in [0.1, 0.15) is 58.8 Å². The number of primary amides is 2. The van der Waals surface area contributed by atoms with E-state index >= 15 is 0 Å². The number of hydrogen-bond donors (Lipinski definition) is 3. The zero-order valence-corrected chi connectivity index (χ0v) is 12.5. The standard InChI is InChI=1S/C8H13N3O3.C6H14/c9-7(12)4-2-1-3-5(11-14)6(4)8(10)13;1-3-5-6-4-2/h4,6,14H,1-3H2,(H2,9,12)(H2,10,13);3-6H2,1-2H3. The molecule has 1 rings (SSSR count). The number of rotatable bonds is 5. The third-order valence-electron chi connectivity index (χ3n) is 3.47. The van der Waals surface area contributed by atoms with Gasteiger partial charge in [-0.1, -0.05) is 44.7 Å². The molecular formula is C14H27N3O3. The number of nitrogens with zero attached hydrogens (tertiary/aromatic N) is 1. The fourth-order valence-corrected chi connectivity index (χ4v) is 2.34. The lowest BCUT2D eigenvalue weighted by molar-refractivity contribution is -0.129. The van der Waals surface area contributed by atoms with Gasteiger partial charge in [0.1, 0.15) is 0 Å². The number of amides is 2. The Morgan fingerprint density at radius 3 is 2.10 bits per heavy atom. The summed E-state index contributed by atoms with van der Waals surface area (Å²) in [4.78, 5) is 22.1. The van der Waals surface area contributed by atoms with Gasteiger partial charge in [-0.15, -0.1) is 0 Å². The van der Waals surface area contributed by atoms with Crippen molar-refractivity contribution in [2.75, 3.05) is 0 Å². The smallest absolute Gasteiger partial charge is 0.227 e. The summed E-state index contributed by atoms with van der Waals surface area (Å²) in [6.45, 7) is 4.46. The molecule has 0 spiro atoms. The molecule has 6 heteroatoms. The molecule has 0 aromatic rings. The lowest BCUT2D eigenvalue weighted by Gasteiger charge is -2.27. The SMILES string of the molecule is CCCCCC.NC(=O)C1CCCC(=NO)C1C(N)=O. The van der Waals surface area contributed by atoms with Crippen LogP contribution in [0.25, 0.3) is 0 Å². The van der Waals surface area contributed by atoms with Crippen molar-refractivity contribution in [3.63, 3.8) is 0 Å². The minimum absolute atomic E-state index is 0.257. The first-order valence-electron chi connectivity index (χ1n) is 7.28. The van der Waals surface area contributed by atoms with E-state index in [1.165, 1.54) is 25.7 Å². The number of carbonyl (C=O) groups is 2. The number of carbonyl (C=O) groups excluding carboxylic acids is 2. The van der Waals surface area contributed by atoms with Gasteiger partial charge in [0.2, 0.25) is 11.8 Å². The van der Waals surface area contributed by atoms with Crippen LogP contribution in [0.3, 0.4) is 0 Å². The molecule has 0 heterocycles. The molecule has 0 saturated heterocycles. The van der Waals surface area contributed by atoms with Gasteiger partial charge < -0.3 is 16.7 Å². The Hall–Kier alpha value is -1.59. The molecule has 1 fully saturated rings. The second-order valence-corrected chi connectivity index (χ2v) is 5.08. The Bertz CT molecular complexity index is 339. The van der Waals surface area contributed by atoms with Crippen LogP contribution >= 0.6 is 0 Å². The predicted octanol–water partition coefficient (Wildman–Crippen LogP) is 1.79. The highest BCUT2D eigenvalue weighted by atomic mass is 16.4. The summed E-state index contributed by atoms with van der Waals surface area (Å²) in [5.74, 6) is -2.71. The van der Waals surface area contributed by atoms with Crippen LogP contribution in [0.15, 0.2) is 5.16 Å². The topological polar surface area (TPSA) is 119 Å². The van der Waals surface area contributed by atoms with Gasteiger partial charge in [0.15, 0.2) is 0 Å². The van der Waals surface area contributed by atoms with Gasteiger partial charge in [0.05, 0.1) is 17.5 Å². The molecule has 116 valence electrons. The summed E-state index contributed by atoms with van der Waals surface area (Å²) >= 11 is 0. The fourth-order valence-electron chi connectivity index (χ4n) is 2.34. The monoisotopic (exact) mass is 285 g/mol. The van der Waals surface area contributed by atoms with Crippen molar-refractivity contribution in [1.82, 2.24) is 0 Å². The van der Waals surface area contributed by atoms with E-state index in [4.69, 9.17) is 16.7 Å². The van der Waals surface area contributed by atoms with E-state index in [1.807, 2.05) is 0 Å². The Morgan fingerprint density at radius 1 is 1.20 bits per heavy atom. The fraction of sp³-hybridized carbons (Fsp3) is 0.786. The van der Waals surface area contributed by atoms with Gasteiger partial charge in [-0.05, 0) is 19.3 Å². The number of nitrogens with two attached hydrogens (primary N) is 2. The number of unbranched alkanes of at least 4 members (excludes halogenated alkanes) is 3. The molecule has 0 aromatic heterocycles. The molecule has 5 N–H and O–H groups in total. The summed E-state index contributed by atoms with van der Waals surface area (Å²) in [6.07, 6.45) is 7.21. The van der Waals surface area contributed by atoms with Crippen molar-refractivity contribution in [1.29, 1.82) is 0 Å². The Kier molecular flexibility index (Phi) is 9.41. The molecule has 1 saturated carbocycles. The average Bonchev–Trinajstić information content (AvgIpc) is 2.44. The van der Waals surface area contributed by atoms with E-state index < -0.39 is 23.7 Å². The Balaban J connectivity index is 0.000000511. The Morgan fingerprint density at radius 2 is 1.75 bits per heavy atom. The maximum absolute atomic E-state index is 11.1. The van der Waals surface area contributed by atoms with Crippen LogP contribution in [0.2, 0.25) is 0 Å². The summed E-state index contributed by atoms with van der Waals surface area (Å²) in [6, 6.07) is 0. The van der Waals surface area contributed by atoms with E-state index in [0.717, 1.165) is 0 Å². The quantitative estimate of drug-likeness (QED) is 0.406. The lowest BCUT2D eigenvalue weighted by Crippen LogP contribution is -2.44. The van der Waals surface area contributed by atoms with Crippen LogP contribution in [0.4, 0.5) is 0 Å². The highest BCUT2D eigenvalue weighted by Crippen LogP contribution is 2.27. The molecule has 2 amide bonds. The number of oxime groups is 1. The zero-order chi connectivity index (χ0) is 15.5. The van der Waals surface area contributed by atoms with E-state index in [1.54, 1.807) is 0 Å². The molecule has 0 aromatic carbocycles. The van der Waals surface area contributed by atoms with Gasteiger partial charge in [-0.25, -0.2) is 0 Å². The van der Waals surface area contributed by atoms with Crippen LogP contribution < -0.4 is 11.5 Å². The molecule has 0 radical (unpaired) electrons. The van der Waals surface area contributed by atoms with Gasteiger partial charge >= 0.3 is 0 Å². The summed E-state index contributed by atoms with van der Waals surface area (Å²) in [5, 5.41) is 11.6. The van der Waals surface area contributed by atoms with E-state index in [-0.39, 0.29) is 5.71 Å². The van der Waals surface area contributed by atoms with Crippen molar-refractivity contribution < 1.29 is 14.8 Å². The normalized spacial score (nSPS) is 23.8. The highest BCUT2D eigenvalue weighted by Gasteiger charge is 2.38. The molecule has 0 bridgehead atoms. The molecular weight excluding hydrogens is 258 g/mol. The highest BCUT2D eigenvalue weighted by molar-refractivity contribution is 6.07. The Labute approximate surface area is 120 Å². The first-order chi connectivity index (χ1) is 9.49. The van der Waals surface area contributed by atoms with Crippen LogP contribution in [0.5, 0.6) is 0 Å². The van der Waals surface area contributed by atoms with Crippen molar-refractivity contribution >= 4 is 17.5 Å². The molecule has 1 aliphatic carbocycles. The maximum atomic E-state index is 11.1. The van der Waals surface area contributed by atoms with Crippen LogP contribution in [-0.2, 0) is 9.59 Å². The minimum atomic E-state index is -0.841. The lowest BCUT2D eigenvalue weighted by atomic mass is 9.77. The van der Waals surface area contributed by atoms with Gasteiger partial charge in [-0.3, -0.25) is 9.59 Å². The van der Waals surface area contributed by atoms with E-state index in [0.29, 0.717) is 19.3 Å². The molecule has 2 unspecified atom stereocenters. The van der Waals surface area contributed by atoms with Crippen LogP contribution in [0, 0.1) is 11.8 Å². The summed E-state index contributed by atoms with van der Waals surface area (Å²) in [5.41, 5.74) is 10.5. The maximum Gasteiger partial charge on any atom is 0.227 e. The van der Waals surface area contributed by atoms with Crippen molar-refractivity contribution in [2.45, 2.75) is 58.8 Å². The van der Waals surface area contributed by atoms with E-state index in [2.05, 4.69) is 19.0 Å². The molecule has 6 nitrogen and oxygen atoms in total. The van der Waals surface area contributed by atoms with Crippen molar-refractivity contribution in [2.24, 2.45) is 28.5 Å². The largest absolute Gasteiger partial charge is 0.411 e. The van der Waals surface area contributed by atoms with Gasteiger partial charge in [-0.2, -0.15) is 0 Å². The number of hydrogen-bond acceptors (Lipinski definition) is 4. The molecule has 2 atom stereocenters. The third kappa shape index (κ3) is 6.04.